The number of nitrogens with two attached hydrogens (primary N) is 1. The molecule has 0 bridgehead atoms. The summed E-state index contributed by atoms with van der Waals surface area (Å²) >= 11 is 0. The van der Waals surface area contributed by atoms with Crippen LogP contribution in [0.15, 0.2) is 59.7 Å². The number of imide groups is 1. The van der Waals surface area contributed by atoms with Crippen molar-refractivity contribution < 1.29 is 111 Å². The van der Waals surface area contributed by atoms with E-state index < -0.39 is 17.8 Å². The van der Waals surface area contributed by atoms with E-state index >= 15 is 0 Å². The number of hydroxylamine groups is 2. The summed E-state index contributed by atoms with van der Waals surface area (Å²) in [6.45, 7) is 34.7. The van der Waals surface area contributed by atoms with Crippen LogP contribution < -0.4 is 11.1 Å². The molecule has 1 heterocycles. The Labute approximate surface area is 618 Å². The van der Waals surface area contributed by atoms with E-state index in [0.29, 0.717) is 213 Å². The van der Waals surface area contributed by atoms with Crippen molar-refractivity contribution in [1.29, 1.82) is 0 Å². The Morgan fingerprint density at radius 2 is 0.798 bits per heavy atom. The largest absolute Gasteiger partial charge is 0.507 e. The predicted octanol–water partition coefficient (Wildman–Crippen LogP) is 10.1. The average Bonchev–Trinajstić information content (AvgIpc) is 0.802. The number of carbonyl (C=O) groups is 4. The number of nitrogens with zero attached hydrogens (tertiary/aromatic N) is 1. The number of methoxy groups -OCH3 is 2. The number of phenols is 4. The number of unbranched alkanes of at least 4 members (excludes halogenated alkanes) is 4. The number of allylic oxidation sites excluding steroid dienone is 6. The molecule has 2 aromatic carbocycles. The fourth-order valence-electron chi connectivity index (χ4n) is 11.8. The summed E-state index contributed by atoms with van der Waals surface area (Å²) in [4.78, 5) is 55.7. The molecule has 26 nitrogen and oxygen atoms in total. The van der Waals surface area contributed by atoms with E-state index in [9.17, 15) is 39.6 Å². The second kappa shape index (κ2) is 57.3. The minimum absolute atomic E-state index is 0.0120. The minimum Gasteiger partial charge on any atom is -0.507 e. The van der Waals surface area contributed by atoms with E-state index in [1.54, 1.807) is 20.3 Å². The molecule has 2 aliphatic carbocycles. The molecule has 1 fully saturated rings. The minimum atomic E-state index is -0.979. The van der Waals surface area contributed by atoms with Crippen molar-refractivity contribution >= 4 is 23.7 Å². The van der Waals surface area contributed by atoms with Crippen LogP contribution in [0.1, 0.15) is 173 Å². The SMILES string of the molecule is C=C(C)[C@@H]1CCC(C)=CC1c1c(O)cc(CCCCC)c(C(=O)NCCOCCOCCOCCOCCOCCOCCOC)c1O.C=C(C)[C@@H]1CCC(C)=CC1c1c(O)cc(CCCCC)c(C(=O)ON2C(=O)CCC2=O)c1O.COCCOCCOCCOCCOCCOCCOCCN. The van der Waals surface area contributed by atoms with Crippen LogP contribution in [0.3, 0.4) is 0 Å². The molecule has 7 N–H and O–H groups in total. The first kappa shape index (κ1) is 92.3. The molecule has 592 valence electrons. The van der Waals surface area contributed by atoms with E-state index in [1.165, 1.54) is 11.6 Å². The maximum Gasteiger partial charge on any atom is 0.367 e. The lowest BCUT2D eigenvalue weighted by Gasteiger charge is -2.32. The Hall–Kier alpha value is -5.92. The highest BCUT2D eigenvalue weighted by molar-refractivity contribution is 6.04. The molecule has 0 saturated carbocycles. The maximum atomic E-state index is 13.4. The molecule has 2 unspecified atom stereocenters. The number of rotatable bonds is 56. The Morgan fingerprint density at radius 1 is 0.481 bits per heavy atom. The van der Waals surface area contributed by atoms with Gasteiger partial charge in [0.05, 0.1) is 177 Å². The van der Waals surface area contributed by atoms with Gasteiger partial charge in [0.15, 0.2) is 0 Å². The van der Waals surface area contributed by atoms with E-state index in [2.05, 4.69) is 38.4 Å². The third-order valence-electron chi connectivity index (χ3n) is 17.3. The lowest BCUT2D eigenvalue weighted by atomic mass is 9.73. The Bertz CT molecular complexity index is 2800. The molecule has 2 aromatic rings. The molecule has 3 amide bonds. The second-order valence-electron chi connectivity index (χ2n) is 25.7. The quantitative estimate of drug-likeness (QED) is 0.0204. The van der Waals surface area contributed by atoms with Gasteiger partial charge >= 0.3 is 5.97 Å². The van der Waals surface area contributed by atoms with E-state index in [0.717, 1.165) is 80.9 Å². The molecule has 1 aliphatic heterocycles. The maximum absolute atomic E-state index is 13.4. The van der Waals surface area contributed by atoms with Crippen molar-refractivity contribution in [1.82, 2.24) is 10.4 Å². The number of aryl methyl sites for hydroxylation is 2. The van der Waals surface area contributed by atoms with Crippen molar-refractivity contribution in [3.05, 3.63) is 93.1 Å². The predicted molar refractivity (Wildman–Crippen MR) is 396 cm³/mol. The Balaban J connectivity index is 0.000000434. The number of hydrogen-bond donors (Lipinski definition) is 6. The standard InChI is InChI=1S/C37H61NO10.C26H33NO6.C15H33NO7/c1-6-7-8-9-30-27-33(39)35(32-26-29(4)10-11-31(32)28(2)3)36(40)34(30)37(41)38-12-13-43-16-17-45-20-21-47-24-25-48-23-22-46-19-18-44-15-14-42-5;1-5-6-7-8-17-14-20(28)24(19-13-16(4)9-10-18(19)15(2)3)25(31)23(17)26(32)33-27-21(29)11-12-22(27)30;1-17-4-5-19-8-9-21-12-13-23-15-14-22-11-10-20-7-6-18-3-2-16/h26-27,31-32,39-40H,2,6-25H2,1,3-5H3,(H,38,41);13-14,18-19,28,31H,2,5-12H2,1,3-4H3;2-16H2,1H3/t31-,32?;18-,19?;/m00./s1. The molecule has 3 aliphatic rings. The fraction of sp³-hybridized carbons (Fsp3) is 0.692. The van der Waals surface area contributed by atoms with Crippen LogP contribution in [0.25, 0.3) is 0 Å². The molecule has 104 heavy (non-hydrogen) atoms. The monoisotopic (exact) mass is 1470 g/mol. The molecular weight excluding hydrogens is 1350 g/mol. The van der Waals surface area contributed by atoms with Crippen LogP contribution in [-0.2, 0) is 93.6 Å². The van der Waals surface area contributed by atoms with Gasteiger partial charge in [-0.15, -0.1) is 5.06 Å². The van der Waals surface area contributed by atoms with Crippen molar-refractivity contribution in [3.8, 4) is 23.0 Å². The van der Waals surface area contributed by atoms with E-state index in [4.69, 9.17) is 76.9 Å². The summed E-state index contributed by atoms with van der Waals surface area (Å²) < 4.78 is 74.4. The number of amides is 3. The zero-order valence-electron chi connectivity index (χ0n) is 63.8. The zero-order valence-corrected chi connectivity index (χ0v) is 63.8. The van der Waals surface area contributed by atoms with Crippen LogP contribution >= 0.6 is 0 Å². The molecular formula is C78H127N3O23. The van der Waals surface area contributed by atoms with Crippen molar-refractivity contribution in [2.24, 2.45) is 17.6 Å². The number of ether oxygens (including phenoxy) is 14. The van der Waals surface area contributed by atoms with Crippen LogP contribution in [-0.4, -0.2) is 248 Å². The van der Waals surface area contributed by atoms with Crippen molar-refractivity contribution in [2.75, 3.05) is 199 Å². The van der Waals surface area contributed by atoms with Crippen LogP contribution in [0.4, 0.5) is 0 Å². The topological polar surface area (TPSA) is 329 Å². The summed E-state index contributed by atoms with van der Waals surface area (Å²) in [5.74, 6) is -3.66. The lowest BCUT2D eigenvalue weighted by Crippen LogP contribution is -2.32. The molecule has 5 rings (SSSR count). The number of carbonyl (C=O) groups excluding carboxylic acids is 4. The third-order valence-corrected chi connectivity index (χ3v) is 17.3. The highest BCUT2D eigenvalue weighted by Gasteiger charge is 2.38. The van der Waals surface area contributed by atoms with Gasteiger partial charge in [-0.1, -0.05) is 87.1 Å². The number of aromatic hydroxyl groups is 4. The highest BCUT2D eigenvalue weighted by atomic mass is 16.7. The highest BCUT2D eigenvalue weighted by Crippen LogP contribution is 2.50. The zero-order chi connectivity index (χ0) is 76.1. The normalized spacial score (nSPS) is 16.5. The van der Waals surface area contributed by atoms with Gasteiger partial charge in [0.25, 0.3) is 17.7 Å². The molecule has 26 heteroatoms. The lowest BCUT2D eigenvalue weighted by molar-refractivity contribution is -0.172. The molecule has 0 spiro atoms. The van der Waals surface area contributed by atoms with Gasteiger partial charge in [-0.3, -0.25) is 14.4 Å². The summed E-state index contributed by atoms with van der Waals surface area (Å²) in [5, 5.41) is 48.3. The molecule has 4 atom stereocenters. The number of benzene rings is 2. The number of phenolic OH excluding ortho intramolecular Hbond substituents is 4. The summed E-state index contributed by atoms with van der Waals surface area (Å²) in [6.07, 6.45) is 14.1. The smallest absolute Gasteiger partial charge is 0.367 e. The van der Waals surface area contributed by atoms with Crippen LogP contribution in [0.2, 0.25) is 0 Å². The summed E-state index contributed by atoms with van der Waals surface area (Å²) in [5.41, 5.74) is 11.4. The van der Waals surface area contributed by atoms with Crippen molar-refractivity contribution in [2.45, 2.75) is 143 Å². The first-order valence-electron chi connectivity index (χ1n) is 37.2. The summed E-state index contributed by atoms with van der Waals surface area (Å²) in [7, 11) is 3.29. The van der Waals surface area contributed by atoms with Crippen LogP contribution in [0.5, 0.6) is 23.0 Å². The van der Waals surface area contributed by atoms with Gasteiger partial charge in [0.2, 0.25) is 0 Å². The van der Waals surface area contributed by atoms with E-state index in [1.807, 2.05) is 33.8 Å². The van der Waals surface area contributed by atoms with Gasteiger partial charge < -0.3 is 103 Å². The van der Waals surface area contributed by atoms with Crippen molar-refractivity contribution in [3.63, 3.8) is 0 Å². The van der Waals surface area contributed by atoms with Gasteiger partial charge in [0, 0.05) is 63.1 Å². The Kier molecular flexibility index (Phi) is 50.8. The first-order valence-corrected chi connectivity index (χ1v) is 37.2. The van der Waals surface area contributed by atoms with Gasteiger partial charge in [0.1, 0.15) is 28.6 Å². The molecule has 0 aromatic heterocycles. The van der Waals surface area contributed by atoms with Crippen LogP contribution in [0, 0.1) is 11.8 Å². The van der Waals surface area contributed by atoms with E-state index in [-0.39, 0.29) is 88.7 Å². The number of nitrogens with one attached hydrogen (secondary N) is 1. The Morgan fingerprint density at radius 3 is 1.12 bits per heavy atom. The van der Waals surface area contributed by atoms with Gasteiger partial charge in [-0.2, -0.15) is 0 Å². The third kappa shape index (κ3) is 36.6. The first-order chi connectivity index (χ1) is 50.4. The average molecular weight is 1470 g/mol. The fourth-order valence-corrected chi connectivity index (χ4v) is 11.8. The second-order valence-corrected chi connectivity index (χ2v) is 25.7. The number of hydrogen-bond acceptors (Lipinski definition) is 24. The van der Waals surface area contributed by atoms with Gasteiger partial charge in [-0.05, 0) is 114 Å². The molecule has 1 saturated heterocycles. The van der Waals surface area contributed by atoms with Gasteiger partial charge in [-0.25, -0.2) is 4.79 Å². The summed E-state index contributed by atoms with van der Waals surface area (Å²) in [6, 6.07) is 3.17. The molecule has 0 radical (unpaired) electrons.